The molecule has 36 heavy (non-hydrogen) atoms. The zero-order valence-corrected chi connectivity index (χ0v) is 22.6. The van der Waals surface area contributed by atoms with E-state index in [1.54, 1.807) is 48.3 Å². The summed E-state index contributed by atoms with van der Waals surface area (Å²) in [5, 5.41) is 35.2. The molecule has 13 nitrogen and oxygen atoms in total. The van der Waals surface area contributed by atoms with Crippen LogP contribution in [0.5, 0.6) is 0 Å². The van der Waals surface area contributed by atoms with Crippen molar-refractivity contribution in [3.8, 4) is 0 Å². The molecule has 0 amide bonds. The molecule has 0 bridgehead atoms. The first-order valence-electron chi connectivity index (χ1n) is 12.1. The van der Waals surface area contributed by atoms with Gasteiger partial charge in [-0.2, -0.15) is 4.98 Å². The van der Waals surface area contributed by atoms with Gasteiger partial charge in [0.25, 0.3) is 0 Å². The fourth-order valence-electron chi connectivity index (χ4n) is 4.17. The molecule has 2 aromatic rings. The van der Waals surface area contributed by atoms with E-state index in [1.807, 2.05) is 13.8 Å². The van der Waals surface area contributed by atoms with Crippen molar-refractivity contribution in [3.63, 3.8) is 0 Å². The minimum absolute atomic E-state index is 0.0212. The van der Waals surface area contributed by atoms with Crippen LogP contribution in [0, 0.1) is 0 Å². The van der Waals surface area contributed by atoms with Crippen LogP contribution >= 0.6 is 7.60 Å². The Labute approximate surface area is 210 Å². The average Bonchev–Trinajstić information content (AvgIpc) is 3.24. The quantitative estimate of drug-likeness (QED) is 0.220. The highest BCUT2D eigenvalue weighted by molar-refractivity contribution is 7.54. The molecule has 0 saturated carbocycles. The monoisotopic (exact) mass is 529 g/mol. The summed E-state index contributed by atoms with van der Waals surface area (Å²) in [5.41, 5.74) is 0.0664. The molecule has 4 N–H and O–H groups in total. The molecule has 0 aliphatic carbocycles. The van der Waals surface area contributed by atoms with Crippen LogP contribution in [0.4, 0.5) is 5.82 Å². The minimum Gasteiger partial charge on any atom is -0.393 e. The van der Waals surface area contributed by atoms with Gasteiger partial charge in [-0.15, -0.1) is 5.10 Å². The standard InChI is InChI=1S/C22H37N6O7P/c1-7-21(5,35-36(32,33)22(31,8-2)9-3)10-11-34-20(16(30)12-29)28-14-27-15(4)25-26(6)18-17(27)19(28)24-13-23-18/h13-14,16,20,29-31H,7-12H2,1-6H3/p+1/t16-,20-,21-/m1/s1. The van der Waals surface area contributed by atoms with E-state index < -0.39 is 37.5 Å². The Balaban J connectivity index is 1.86. The molecule has 202 valence electrons. The number of hydrogen-bond donors (Lipinski definition) is 4. The Morgan fingerprint density at radius 1 is 1.22 bits per heavy atom. The zero-order valence-electron chi connectivity index (χ0n) is 21.7. The summed E-state index contributed by atoms with van der Waals surface area (Å²) in [6, 6.07) is 0. The molecule has 2 aromatic heterocycles. The molecule has 4 atom stereocenters. The first-order chi connectivity index (χ1) is 16.9. The third-order valence-electron chi connectivity index (χ3n) is 6.92. The highest BCUT2D eigenvalue weighted by Gasteiger charge is 2.48. The number of hydrogen-bond acceptors (Lipinski definition) is 10. The van der Waals surface area contributed by atoms with Gasteiger partial charge >= 0.3 is 13.2 Å². The lowest BCUT2D eigenvalue weighted by Crippen LogP contribution is -2.49. The number of anilines is 1. The SMILES string of the molecule is CCC(O)(CC)P(=O)(O)O[C@](C)(CC)CCO[C@H]([C@H](O)CO)[n+]1cn2c3c(ncnc31)N(C)N=C2C. The van der Waals surface area contributed by atoms with Gasteiger partial charge in [-0.1, -0.05) is 25.8 Å². The van der Waals surface area contributed by atoms with Crippen LogP contribution in [0.25, 0.3) is 11.2 Å². The van der Waals surface area contributed by atoms with Crippen molar-refractivity contribution in [1.82, 2.24) is 14.5 Å². The van der Waals surface area contributed by atoms with Gasteiger partial charge in [0.1, 0.15) is 6.10 Å². The summed E-state index contributed by atoms with van der Waals surface area (Å²) in [4.78, 5) is 19.2. The molecular formula is C22H38N6O7P+. The lowest BCUT2D eigenvalue weighted by molar-refractivity contribution is -0.750. The van der Waals surface area contributed by atoms with E-state index in [-0.39, 0.29) is 25.9 Å². The van der Waals surface area contributed by atoms with Crippen molar-refractivity contribution in [2.24, 2.45) is 5.10 Å². The van der Waals surface area contributed by atoms with E-state index in [1.165, 1.54) is 6.33 Å². The third-order valence-corrected chi connectivity index (χ3v) is 9.29. The Bertz CT molecular complexity index is 1150. The summed E-state index contributed by atoms with van der Waals surface area (Å²) < 4.78 is 28.0. The van der Waals surface area contributed by atoms with Crippen molar-refractivity contribution in [2.45, 2.75) is 83.6 Å². The first-order valence-corrected chi connectivity index (χ1v) is 13.7. The topological polar surface area (TPSA) is 167 Å². The number of imidazole rings is 1. The van der Waals surface area contributed by atoms with Gasteiger partial charge in [0, 0.05) is 20.4 Å². The van der Waals surface area contributed by atoms with Crippen molar-refractivity contribution >= 4 is 30.4 Å². The number of ether oxygens (including phenoxy) is 1. The van der Waals surface area contributed by atoms with Crippen molar-refractivity contribution in [3.05, 3.63) is 12.7 Å². The molecule has 3 rings (SSSR count). The van der Waals surface area contributed by atoms with E-state index in [9.17, 15) is 24.8 Å². The predicted octanol–water partition coefficient (Wildman–Crippen LogP) is 1.49. The van der Waals surface area contributed by atoms with Crippen LogP contribution in [0.3, 0.4) is 0 Å². The molecule has 0 aromatic carbocycles. The minimum atomic E-state index is -4.38. The highest BCUT2D eigenvalue weighted by atomic mass is 31.2. The maximum absolute atomic E-state index is 13.0. The van der Waals surface area contributed by atoms with Crippen LogP contribution in [0.2, 0.25) is 0 Å². The molecule has 0 radical (unpaired) electrons. The van der Waals surface area contributed by atoms with Crippen LogP contribution in [-0.2, 0) is 13.8 Å². The average molecular weight is 530 g/mol. The number of hydrazone groups is 1. The molecule has 0 fully saturated rings. The second-order valence-electron chi connectivity index (χ2n) is 9.30. The molecule has 1 unspecified atom stereocenters. The normalized spacial score (nSPS) is 19.1. The summed E-state index contributed by atoms with van der Waals surface area (Å²) in [7, 11) is -2.61. The van der Waals surface area contributed by atoms with Gasteiger partial charge in [0.05, 0.1) is 18.8 Å². The number of aliphatic hydroxyl groups excluding tert-OH is 2. The van der Waals surface area contributed by atoms with Crippen LogP contribution in [0.15, 0.2) is 17.8 Å². The molecule has 0 spiro atoms. The van der Waals surface area contributed by atoms with Crippen LogP contribution in [0.1, 0.15) is 66.5 Å². The van der Waals surface area contributed by atoms with Gasteiger partial charge in [-0.05, 0) is 26.2 Å². The van der Waals surface area contributed by atoms with Crippen LogP contribution < -0.4 is 9.58 Å². The summed E-state index contributed by atoms with van der Waals surface area (Å²) in [5.74, 6) is 1.23. The molecule has 0 saturated heterocycles. The fraction of sp³-hybridized carbons (Fsp3) is 0.727. The Hall–Kier alpha value is -1.99. The van der Waals surface area contributed by atoms with E-state index in [2.05, 4.69) is 15.1 Å². The number of rotatable bonds is 13. The van der Waals surface area contributed by atoms with Gasteiger partial charge < -0.3 is 29.5 Å². The van der Waals surface area contributed by atoms with Crippen molar-refractivity contribution in [2.75, 3.05) is 25.3 Å². The van der Waals surface area contributed by atoms with Gasteiger partial charge in [-0.25, -0.2) is 14.1 Å². The Morgan fingerprint density at radius 2 is 1.89 bits per heavy atom. The first kappa shape index (κ1) is 28.6. The van der Waals surface area contributed by atoms with Gasteiger partial charge in [-0.3, -0.25) is 4.57 Å². The van der Waals surface area contributed by atoms with Crippen LogP contribution in [-0.4, -0.2) is 77.9 Å². The van der Waals surface area contributed by atoms with E-state index >= 15 is 0 Å². The maximum atomic E-state index is 13.0. The summed E-state index contributed by atoms with van der Waals surface area (Å²) >= 11 is 0. The largest absolute Gasteiger partial charge is 0.393 e. The smallest absolute Gasteiger partial charge is 0.359 e. The lowest BCUT2D eigenvalue weighted by Gasteiger charge is -2.37. The Morgan fingerprint density at radius 3 is 2.47 bits per heavy atom. The zero-order chi connectivity index (χ0) is 26.9. The predicted molar refractivity (Wildman–Crippen MR) is 132 cm³/mol. The highest BCUT2D eigenvalue weighted by Crippen LogP contribution is 2.60. The molecule has 1 aliphatic rings. The molecular weight excluding hydrogens is 491 g/mol. The van der Waals surface area contributed by atoms with E-state index in [0.29, 0.717) is 29.2 Å². The second kappa shape index (κ2) is 10.8. The number of nitrogens with zero attached hydrogens (tertiary/aromatic N) is 6. The second-order valence-corrected chi connectivity index (χ2v) is 11.4. The molecule has 14 heteroatoms. The molecule has 1 aliphatic heterocycles. The Kier molecular flexibility index (Phi) is 8.56. The van der Waals surface area contributed by atoms with Gasteiger partial charge in [0.2, 0.25) is 11.7 Å². The van der Waals surface area contributed by atoms with Gasteiger partial charge in [0.15, 0.2) is 29.7 Å². The molecule has 3 heterocycles. The van der Waals surface area contributed by atoms with Crippen molar-refractivity contribution < 1.29 is 38.6 Å². The summed E-state index contributed by atoms with van der Waals surface area (Å²) in [6.07, 6.45) is 1.46. The number of aromatic nitrogens is 4. The van der Waals surface area contributed by atoms with E-state index in [0.717, 1.165) is 0 Å². The maximum Gasteiger partial charge on any atom is 0.359 e. The third kappa shape index (κ3) is 5.19. The van der Waals surface area contributed by atoms with E-state index in [4.69, 9.17) is 9.26 Å². The number of aliphatic hydroxyl groups is 3. The fourth-order valence-corrected chi connectivity index (χ4v) is 5.95. The van der Waals surface area contributed by atoms with Crippen molar-refractivity contribution in [1.29, 1.82) is 0 Å². The summed E-state index contributed by atoms with van der Waals surface area (Å²) in [6.45, 7) is 8.03. The lowest BCUT2D eigenvalue weighted by atomic mass is 10.0.